The van der Waals surface area contributed by atoms with Crippen LogP contribution in [0.25, 0.3) is 101 Å². The molecular weight excluding hydrogens is 1480 g/mol. The van der Waals surface area contributed by atoms with Gasteiger partial charge in [-0.15, -0.1) is 0 Å². The minimum atomic E-state index is -0.892. The van der Waals surface area contributed by atoms with Crippen LogP contribution in [0.1, 0.15) is 77.9 Å². The van der Waals surface area contributed by atoms with Crippen LogP contribution in [0.3, 0.4) is 0 Å². The van der Waals surface area contributed by atoms with Crippen LogP contribution in [0, 0.1) is 39.3 Å². The predicted molar refractivity (Wildman–Crippen MR) is 488 cm³/mol. The molecule has 19 aromatic rings. The van der Waals surface area contributed by atoms with Crippen LogP contribution < -0.4 is 19.3 Å². The Labute approximate surface area is 695 Å². The number of halogens is 2. The van der Waals surface area contributed by atoms with Crippen molar-refractivity contribution in [1.82, 2.24) is 0 Å². The highest BCUT2D eigenvalue weighted by Crippen LogP contribution is 2.61. The molecule has 2 atom stereocenters. The van der Waals surface area contributed by atoms with Crippen LogP contribution >= 0.6 is 0 Å². The molecule has 6 nitrogen and oxygen atoms in total. The van der Waals surface area contributed by atoms with E-state index in [0.717, 1.165) is 212 Å². The lowest BCUT2D eigenvalue weighted by atomic mass is 9.67. The third-order valence-electron chi connectivity index (χ3n) is 24.7. The van der Waals surface area contributed by atoms with E-state index < -0.39 is 10.8 Å². The molecule has 8 heteroatoms. The topological polar surface area (TPSA) is 51.2 Å². The van der Waals surface area contributed by atoms with Crippen molar-refractivity contribution in [2.24, 2.45) is 0 Å². The van der Waals surface area contributed by atoms with Crippen LogP contribution in [0.2, 0.25) is 0 Å². The summed E-state index contributed by atoms with van der Waals surface area (Å²) in [4.78, 5) is 4.68. The second-order valence-corrected chi connectivity index (χ2v) is 31.5. The zero-order valence-electron chi connectivity index (χ0n) is 66.5. The summed E-state index contributed by atoms with van der Waals surface area (Å²) in [6.45, 7) is 16.7. The number of benzene rings is 17. The van der Waals surface area contributed by atoms with Crippen molar-refractivity contribution in [1.29, 1.82) is 0 Å². The minimum Gasteiger partial charge on any atom is -0.457 e. The van der Waals surface area contributed by atoms with Gasteiger partial charge in [0, 0.05) is 44.3 Å². The smallest absolute Gasteiger partial charge is 0.159 e. The van der Waals surface area contributed by atoms with E-state index in [1.165, 1.54) is 0 Å². The van der Waals surface area contributed by atoms with Crippen molar-refractivity contribution in [3.63, 3.8) is 0 Å². The number of rotatable bonds is 18. The summed E-state index contributed by atoms with van der Waals surface area (Å²) in [5, 5.41) is 4.09. The van der Waals surface area contributed by atoms with E-state index in [1.807, 2.05) is 133 Å². The molecule has 0 bridgehead atoms. The Balaban J connectivity index is 0.668. The number of aryl methyl sites for hydroxylation is 4. The third-order valence-corrected chi connectivity index (χ3v) is 24.7. The standard InChI is InChI=1S/C112H78F2N2O4/c1-7-73-31-51-85(52-32-73)117-87-55-39-77(40-56-87)111(75-35-43-79(113)44-36-75)101-25-13-9-19-91(101)93-61-49-83(67-103(93)111)115(105-27-17-23-97-95-21-11-15-29-107(95)119-109(97)105)81-47-59-89(69(3)63-81)99-65-72(6)100(66-71(99)5)90-60-48-82(64-70(90)4)116(106-28-18-24-98-96-22-12-16-30-108(96)120-110(98)106)84-50-62-94-92-20-10-14-26-102(92)112(104(94)68-84,76-37-45-80(114)46-38-76)78-41-57-88(58-42-78)118-86-53-33-74(8-2)34-54-86/h7-68H,1-2H2,3-6H3. The summed E-state index contributed by atoms with van der Waals surface area (Å²) in [5.41, 5.74) is 30.4. The van der Waals surface area contributed by atoms with Gasteiger partial charge >= 0.3 is 0 Å². The predicted octanol–water partition coefficient (Wildman–Crippen LogP) is 30.9. The molecule has 0 fully saturated rings. The largest absolute Gasteiger partial charge is 0.457 e. The number of ether oxygens (including phenoxy) is 2. The number of nitrogens with zero attached hydrogens (tertiary/aromatic N) is 2. The summed E-state index contributed by atoms with van der Waals surface area (Å²) in [7, 11) is 0. The highest BCUT2D eigenvalue weighted by molar-refractivity contribution is 6.12. The molecule has 2 unspecified atom stereocenters. The first-order valence-electron chi connectivity index (χ1n) is 40.6. The van der Waals surface area contributed by atoms with Gasteiger partial charge in [-0.1, -0.05) is 244 Å². The lowest BCUT2D eigenvalue weighted by Gasteiger charge is -2.35. The average molecular weight is 1550 g/mol. The van der Waals surface area contributed by atoms with Gasteiger partial charge in [0.2, 0.25) is 0 Å². The van der Waals surface area contributed by atoms with Crippen molar-refractivity contribution >= 4 is 90.2 Å². The maximum atomic E-state index is 15.4. The molecule has 0 aliphatic heterocycles. The second-order valence-electron chi connectivity index (χ2n) is 31.5. The van der Waals surface area contributed by atoms with Crippen molar-refractivity contribution in [2.45, 2.75) is 38.5 Å². The van der Waals surface area contributed by atoms with Crippen LogP contribution in [-0.2, 0) is 10.8 Å². The third kappa shape index (κ3) is 11.8. The summed E-state index contributed by atoms with van der Waals surface area (Å²) < 4.78 is 57.6. The Morgan fingerprint density at radius 3 is 0.958 bits per heavy atom. The highest BCUT2D eigenvalue weighted by atomic mass is 19.1. The molecule has 0 radical (unpaired) electrons. The molecule has 0 N–H and O–H groups in total. The van der Waals surface area contributed by atoms with Crippen LogP contribution in [0.4, 0.5) is 42.9 Å². The average Bonchev–Trinajstić information content (AvgIpc) is 1.53. The molecule has 2 aromatic heterocycles. The van der Waals surface area contributed by atoms with Gasteiger partial charge < -0.3 is 28.1 Å². The first-order valence-corrected chi connectivity index (χ1v) is 40.6. The molecule has 17 aromatic carbocycles. The molecule has 574 valence electrons. The lowest BCUT2D eigenvalue weighted by Crippen LogP contribution is -2.29. The maximum absolute atomic E-state index is 15.4. The van der Waals surface area contributed by atoms with E-state index in [-0.39, 0.29) is 11.6 Å². The van der Waals surface area contributed by atoms with Crippen LogP contribution in [0.5, 0.6) is 23.0 Å². The van der Waals surface area contributed by atoms with Crippen molar-refractivity contribution in [3.8, 4) is 67.5 Å². The number of furan rings is 2. The fourth-order valence-corrected chi connectivity index (χ4v) is 19.2. The SMILES string of the molecule is C=Cc1ccc(Oc2ccc(C3(c4ccc(F)cc4)c4ccccc4-c4ccc(N(c5ccc(-c6cc(C)c(-c7ccc(N(c8ccc9c(c8)C(c8ccc(F)cc8)(c8ccc(Oc%10ccc(C=C)cc%10)cc8)c8ccccc8-9)c8cccc9c8oc8ccccc89)cc7C)cc6C)c(C)c5)c5cccc6c5oc5ccccc56)cc43)cc2)cc1. The Morgan fingerprint density at radius 1 is 0.275 bits per heavy atom. The molecule has 2 heterocycles. The maximum Gasteiger partial charge on any atom is 0.159 e. The zero-order valence-corrected chi connectivity index (χ0v) is 66.5. The first-order chi connectivity index (χ1) is 58.8. The van der Waals surface area contributed by atoms with Gasteiger partial charge in [-0.05, 0) is 296 Å². The van der Waals surface area contributed by atoms with Gasteiger partial charge in [-0.3, -0.25) is 0 Å². The lowest BCUT2D eigenvalue weighted by molar-refractivity contribution is 0.482. The van der Waals surface area contributed by atoms with Gasteiger partial charge in [0.05, 0.1) is 22.2 Å². The molecule has 0 saturated heterocycles. The van der Waals surface area contributed by atoms with E-state index >= 15 is 8.78 Å². The quantitative estimate of drug-likeness (QED) is 0.0853. The Morgan fingerprint density at radius 2 is 0.583 bits per heavy atom. The van der Waals surface area contributed by atoms with Gasteiger partial charge in [0.25, 0.3) is 0 Å². The molecule has 0 spiro atoms. The zero-order chi connectivity index (χ0) is 81.1. The van der Waals surface area contributed by atoms with E-state index in [2.05, 4.69) is 269 Å². The van der Waals surface area contributed by atoms with E-state index in [1.54, 1.807) is 24.3 Å². The van der Waals surface area contributed by atoms with Crippen molar-refractivity contribution in [3.05, 3.63) is 467 Å². The Bertz CT molecular complexity index is 6890. The molecule has 0 amide bonds. The van der Waals surface area contributed by atoms with Crippen LogP contribution in [0.15, 0.2) is 386 Å². The molecule has 2 aliphatic carbocycles. The summed E-state index contributed by atoms with van der Waals surface area (Å²) in [5.74, 6) is 2.20. The molecule has 120 heavy (non-hydrogen) atoms. The molecule has 2 aliphatic rings. The number of anilines is 6. The van der Waals surface area contributed by atoms with Crippen molar-refractivity contribution in [2.75, 3.05) is 9.80 Å². The van der Waals surface area contributed by atoms with Crippen LogP contribution in [-0.4, -0.2) is 0 Å². The normalized spacial score (nSPS) is 14.4. The number of hydrogen-bond donors (Lipinski definition) is 0. The van der Waals surface area contributed by atoms with Gasteiger partial charge in [-0.2, -0.15) is 0 Å². The molecular formula is C112H78F2N2O4. The molecule has 0 saturated carbocycles. The van der Waals surface area contributed by atoms with Gasteiger partial charge in [0.15, 0.2) is 11.2 Å². The fraction of sp³-hybridized carbons (Fsp3) is 0.0536. The minimum absolute atomic E-state index is 0.308. The van der Waals surface area contributed by atoms with E-state index in [4.69, 9.17) is 18.3 Å². The van der Waals surface area contributed by atoms with E-state index in [0.29, 0.717) is 11.5 Å². The second kappa shape index (κ2) is 29.0. The Kier molecular flexibility index (Phi) is 17.5. The fourth-order valence-electron chi connectivity index (χ4n) is 19.2. The monoisotopic (exact) mass is 1550 g/mol. The number of hydrogen-bond acceptors (Lipinski definition) is 6. The summed E-state index contributed by atoms with van der Waals surface area (Å²) in [6.07, 6.45) is 3.64. The number of para-hydroxylation sites is 4. The van der Waals surface area contributed by atoms with E-state index in [9.17, 15) is 0 Å². The van der Waals surface area contributed by atoms with Gasteiger partial charge in [-0.25, -0.2) is 8.78 Å². The number of fused-ring (bicyclic) bond motifs is 12. The first kappa shape index (κ1) is 72.6. The summed E-state index contributed by atoms with van der Waals surface area (Å²) in [6, 6.07) is 125. The van der Waals surface area contributed by atoms with Gasteiger partial charge in [0.1, 0.15) is 45.8 Å². The highest BCUT2D eigenvalue weighted by Gasteiger charge is 2.49. The van der Waals surface area contributed by atoms with Crippen molar-refractivity contribution < 1.29 is 27.1 Å². The Hall–Kier alpha value is -15.1. The molecule has 21 rings (SSSR count). The summed E-state index contributed by atoms with van der Waals surface area (Å²) >= 11 is 0.